The van der Waals surface area contributed by atoms with E-state index in [1.54, 1.807) is 111 Å². The molecule has 0 spiro atoms. The molecule has 2 fully saturated rings. The highest BCUT2D eigenvalue weighted by molar-refractivity contribution is 5.96. The first-order valence-electron chi connectivity index (χ1n) is 17.4. The normalized spacial score (nSPS) is 19.0. The van der Waals surface area contributed by atoms with Gasteiger partial charge in [-0.2, -0.15) is 4.57 Å². The summed E-state index contributed by atoms with van der Waals surface area (Å²) >= 11 is 0. The molecule has 0 N–H and O–H groups in total. The van der Waals surface area contributed by atoms with Crippen molar-refractivity contribution in [3.8, 4) is 11.8 Å². The number of esters is 3. The molecule has 1 saturated heterocycles. The monoisotopic (exact) mass is 747 g/mol. The van der Waals surface area contributed by atoms with Gasteiger partial charge in [0.15, 0.2) is 18.4 Å². The quantitative estimate of drug-likeness (QED) is 0.118. The lowest BCUT2D eigenvalue weighted by Crippen LogP contribution is -2.48. The molecule has 0 bridgehead atoms. The predicted octanol–water partition coefficient (Wildman–Crippen LogP) is 4.66. The van der Waals surface area contributed by atoms with Gasteiger partial charge in [0.25, 0.3) is 11.5 Å². The second kappa shape index (κ2) is 17.1. The van der Waals surface area contributed by atoms with Crippen LogP contribution in [-0.2, 0) is 18.9 Å². The van der Waals surface area contributed by atoms with E-state index in [0.29, 0.717) is 10.5 Å². The molecule has 4 atom stereocenters. The summed E-state index contributed by atoms with van der Waals surface area (Å²) in [7, 11) is 0. The Labute approximate surface area is 321 Å². The average Bonchev–Trinajstić information content (AvgIpc) is 3.89. The molecule has 1 aliphatic heterocycles. The lowest BCUT2D eigenvalue weighted by molar-refractivity contribution is -0.0643. The molecular weight excluding hydrogens is 716 g/mol. The second-order valence-corrected chi connectivity index (χ2v) is 12.5. The fraction of sp³-hybridized carbons (Fsp3) is 0.114. The number of aromatic nitrogens is 2. The highest BCUT2D eigenvalue weighted by Gasteiger charge is 2.52. The van der Waals surface area contributed by atoms with Crippen LogP contribution in [0.2, 0.25) is 0 Å². The Morgan fingerprint density at radius 3 is 1.62 bits per heavy atom. The van der Waals surface area contributed by atoms with Gasteiger partial charge in [-0.25, -0.2) is 19.2 Å². The number of rotatable bonds is 9. The average molecular weight is 748 g/mol. The summed E-state index contributed by atoms with van der Waals surface area (Å²) in [6.07, 6.45) is 1.92. The van der Waals surface area contributed by atoms with Crippen molar-refractivity contribution in [3.05, 3.63) is 208 Å². The number of carbonyl (C=O) groups is 4. The summed E-state index contributed by atoms with van der Waals surface area (Å²) in [4.78, 5) is 82.6. The third-order valence-corrected chi connectivity index (χ3v) is 8.79. The summed E-state index contributed by atoms with van der Waals surface area (Å²) in [5.74, 6) is 2.78. The summed E-state index contributed by atoms with van der Waals surface area (Å²) in [5, 5.41) is 0. The van der Waals surface area contributed by atoms with E-state index < -0.39 is 66.2 Å². The van der Waals surface area contributed by atoms with E-state index in [4.69, 9.17) is 18.9 Å². The smallest absolute Gasteiger partial charge is 0.340 e. The molecular formula is C44H31N2O10. The third kappa shape index (κ3) is 8.28. The molecule has 1 aliphatic carbocycles. The summed E-state index contributed by atoms with van der Waals surface area (Å²) in [5.41, 5.74) is -1.92. The van der Waals surface area contributed by atoms with Gasteiger partial charge in [-0.3, -0.25) is 14.2 Å². The van der Waals surface area contributed by atoms with Crippen molar-refractivity contribution in [2.24, 2.45) is 0 Å². The fourth-order valence-corrected chi connectivity index (χ4v) is 6.01. The zero-order chi connectivity index (χ0) is 39.0. The number of hydrogen-bond acceptors (Lipinski definition) is 10. The van der Waals surface area contributed by atoms with Crippen molar-refractivity contribution in [1.29, 1.82) is 0 Å². The van der Waals surface area contributed by atoms with E-state index in [0.717, 1.165) is 10.8 Å². The van der Waals surface area contributed by atoms with Gasteiger partial charge in [0.05, 0.1) is 22.6 Å². The van der Waals surface area contributed by atoms with E-state index >= 15 is 0 Å². The van der Waals surface area contributed by atoms with Gasteiger partial charge in [-0.15, -0.1) is 0 Å². The molecule has 1 aromatic heterocycles. The molecule has 7 rings (SSSR count). The van der Waals surface area contributed by atoms with Crippen LogP contribution >= 0.6 is 0 Å². The zero-order valence-electron chi connectivity index (χ0n) is 29.4. The molecule has 12 nitrogen and oxygen atoms in total. The number of benzene rings is 4. The first-order chi connectivity index (χ1) is 27.3. The Morgan fingerprint density at radius 1 is 0.607 bits per heavy atom. The lowest BCUT2D eigenvalue weighted by atomic mass is 10.1. The molecule has 5 radical (unpaired) electrons. The van der Waals surface area contributed by atoms with Crippen LogP contribution in [0.25, 0.3) is 0 Å². The Morgan fingerprint density at radius 2 is 1.09 bits per heavy atom. The molecule has 0 unspecified atom stereocenters. The summed E-state index contributed by atoms with van der Waals surface area (Å²) < 4.78 is 25.3. The Bertz CT molecular complexity index is 2390. The van der Waals surface area contributed by atoms with Gasteiger partial charge in [0, 0.05) is 11.8 Å². The molecule has 0 amide bonds. The second-order valence-electron chi connectivity index (χ2n) is 12.5. The topological polar surface area (TPSA) is 149 Å². The van der Waals surface area contributed by atoms with E-state index in [-0.39, 0.29) is 27.8 Å². The van der Waals surface area contributed by atoms with E-state index in [1.807, 2.05) is 0 Å². The minimum absolute atomic E-state index is 0.0270. The number of ether oxygens (including phenoxy) is 4. The van der Waals surface area contributed by atoms with Crippen LogP contribution in [0.1, 0.15) is 53.2 Å². The van der Waals surface area contributed by atoms with E-state index in [9.17, 15) is 28.8 Å². The van der Waals surface area contributed by atoms with Crippen LogP contribution in [0.4, 0.5) is 0 Å². The van der Waals surface area contributed by atoms with Gasteiger partial charge in [-0.1, -0.05) is 84.6 Å². The number of hydrogen-bond donors (Lipinski definition) is 0. The van der Waals surface area contributed by atoms with Gasteiger partial charge in [0.2, 0.25) is 0 Å². The third-order valence-electron chi connectivity index (χ3n) is 8.79. The van der Waals surface area contributed by atoms with Crippen LogP contribution in [0, 0.1) is 43.4 Å². The van der Waals surface area contributed by atoms with Crippen molar-refractivity contribution in [3.63, 3.8) is 0 Å². The van der Waals surface area contributed by atoms with Crippen molar-refractivity contribution < 1.29 is 38.1 Å². The lowest BCUT2D eigenvalue weighted by Gasteiger charge is -2.25. The standard InChI is InChI=1S/C44H31N2O10/c47-38(30-17-5-1-6-18-30)46-39(48)34(26-25-29-15-13-14-16-29)27-45(44(46)52)40-37(56-43(51)33-23-11-4-12-24-33)36(55-42(50)32-21-9-3-10-22-32)35(54-40)28-53-41(49)31-19-7-2-8-20-31/h1-24,27,35-37,40H,28H2/t35-,36-,37-,40-/m1/s1. The van der Waals surface area contributed by atoms with Gasteiger partial charge in [-0.05, 0) is 74.2 Å². The molecule has 2 aliphatic rings. The van der Waals surface area contributed by atoms with Crippen molar-refractivity contribution in [2.75, 3.05) is 6.61 Å². The summed E-state index contributed by atoms with van der Waals surface area (Å²) in [6, 6.07) is 31.7. The van der Waals surface area contributed by atoms with Crippen molar-refractivity contribution >= 4 is 23.8 Å². The van der Waals surface area contributed by atoms with Crippen LogP contribution in [0.3, 0.4) is 0 Å². The largest absolute Gasteiger partial charge is 0.459 e. The molecule has 12 heteroatoms. The first kappa shape index (κ1) is 37.5. The van der Waals surface area contributed by atoms with Crippen LogP contribution < -0.4 is 11.2 Å². The van der Waals surface area contributed by atoms with Gasteiger partial charge >= 0.3 is 23.6 Å². The van der Waals surface area contributed by atoms with Crippen LogP contribution in [0.5, 0.6) is 0 Å². The maximum absolute atomic E-state index is 14.4. The molecule has 2 heterocycles. The van der Waals surface area contributed by atoms with Crippen LogP contribution in [-0.4, -0.2) is 57.9 Å². The molecule has 56 heavy (non-hydrogen) atoms. The summed E-state index contributed by atoms with van der Waals surface area (Å²) in [6.45, 7) is -0.530. The molecule has 5 aromatic rings. The fourth-order valence-electron chi connectivity index (χ4n) is 6.01. The Hall–Kier alpha value is -6.84. The highest BCUT2D eigenvalue weighted by Crippen LogP contribution is 2.35. The van der Waals surface area contributed by atoms with Gasteiger partial charge in [0.1, 0.15) is 18.3 Å². The van der Waals surface area contributed by atoms with Crippen molar-refractivity contribution in [2.45, 2.75) is 24.5 Å². The van der Waals surface area contributed by atoms with Gasteiger partial charge < -0.3 is 18.9 Å². The van der Waals surface area contributed by atoms with Crippen LogP contribution in [0.15, 0.2) is 137 Å². The zero-order valence-corrected chi connectivity index (χ0v) is 29.4. The minimum atomic E-state index is -1.65. The number of carbonyl (C=O) groups excluding carboxylic acids is 4. The molecule has 277 valence electrons. The SMILES string of the molecule is O=C(OC[C@H]1O[C@@H](n2cc(C#C[C]3[CH][CH][CH][CH]3)c(=O)n(C(=O)c3ccccc3)c2=O)[C@H](OC(=O)c2ccccc2)[C@@H]1OC(=O)c1ccccc1)c1ccccc1. The maximum Gasteiger partial charge on any atom is 0.340 e. The van der Waals surface area contributed by atoms with E-state index in [2.05, 4.69) is 11.8 Å². The molecule has 4 aromatic carbocycles. The minimum Gasteiger partial charge on any atom is -0.459 e. The maximum atomic E-state index is 14.4. The van der Waals surface area contributed by atoms with E-state index in [1.165, 1.54) is 36.4 Å². The Balaban J connectivity index is 1.35. The first-order valence-corrected chi connectivity index (χ1v) is 17.4. The number of nitrogens with zero attached hydrogens (tertiary/aromatic N) is 2. The Kier molecular flexibility index (Phi) is 11.4. The van der Waals surface area contributed by atoms with Crippen molar-refractivity contribution in [1.82, 2.24) is 9.13 Å². The molecule has 1 saturated carbocycles. The highest BCUT2D eigenvalue weighted by atomic mass is 16.7. The predicted molar refractivity (Wildman–Crippen MR) is 200 cm³/mol.